The van der Waals surface area contributed by atoms with Crippen LogP contribution in [0.4, 0.5) is 0 Å². The van der Waals surface area contributed by atoms with Gasteiger partial charge in [-0.2, -0.15) is 5.10 Å². The first-order valence-electron chi connectivity index (χ1n) is 6.17. The lowest BCUT2D eigenvalue weighted by molar-refractivity contribution is -0.0366. The molecule has 1 N–H and O–H groups in total. The summed E-state index contributed by atoms with van der Waals surface area (Å²) in [5.41, 5.74) is 1.90. The maximum absolute atomic E-state index is 9.33. The smallest absolute Gasteiger partial charge is 0.150 e. The number of benzene rings is 1. The molecule has 1 aliphatic heterocycles. The van der Waals surface area contributed by atoms with Gasteiger partial charge in [0.05, 0.1) is 18.3 Å². The van der Waals surface area contributed by atoms with Crippen molar-refractivity contribution >= 4 is 26.8 Å². The van der Waals surface area contributed by atoms with Gasteiger partial charge in [0.15, 0.2) is 6.23 Å². The van der Waals surface area contributed by atoms with Crippen molar-refractivity contribution in [3.63, 3.8) is 0 Å². The summed E-state index contributed by atoms with van der Waals surface area (Å²) in [5, 5.41) is 14.8. The molecule has 1 aliphatic rings. The zero-order valence-corrected chi connectivity index (χ0v) is 11.6. The fourth-order valence-electron chi connectivity index (χ4n) is 2.38. The number of ether oxygens (including phenoxy) is 1. The lowest BCUT2D eigenvalue weighted by atomic mass is 10.1. The molecule has 1 atom stereocenters. The molecule has 1 saturated heterocycles. The van der Waals surface area contributed by atoms with E-state index >= 15 is 0 Å². The monoisotopic (exact) mass is 310 g/mol. The SMILES string of the molecule is OCc1cc2c(cnn2C2CCCCO2)cc1Br. The maximum Gasteiger partial charge on any atom is 0.150 e. The fourth-order valence-corrected chi connectivity index (χ4v) is 2.86. The van der Waals surface area contributed by atoms with Crippen molar-refractivity contribution in [2.75, 3.05) is 6.61 Å². The van der Waals surface area contributed by atoms with E-state index in [1.165, 1.54) is 6.42 Å². The zero-order valence-electron chi connectivity index (χ0n) is 9.97. The van der Waals surface area contributed by atoms with Crippen LogP contribution < -0.4 is 0 Å². The summed E-state index contributed by atoms with van der Waals surface area (Å²) in [6, 6.07) is 3.97. The van der Waals surface area contributed by atoms with Gasteiger partial charge in [-0.25, -0.2) is 4.68 Å². The Labute approximate surface area is 114 Å². The number of halogens is 1. The molecule has 4 nitrogen and oxygen atoms in total. The average Bonchev–Trinajstić information content (AvgIpc) is 2.81. The van der Waals surface area contributed by atoms with Crippen LogP contribution in [0.15, 0.2) is 22.8 Å². The second-order valence-corrected chi connectivity index (χ2v) is 5.43. The minimum Gasteiger partial charge on any atom is -0.392 e. The van der Waals surface area contributed by atoms with E-state index in [9.17, 15) is 5.11 Å². The first-order valence-corrected chi connectivity index (χ1v) is 6.97. The number of rotatable bonds is 2. The second kappa shape index (κ2) is 4.99. The summed E-state index contributed by atoms with van der Waals surface area (Å²) in [6.07, 6.45) is 5.18. The highest BCUT2D eigenvalue weighted by Crippen LogP contribution is 2.29. The number of hydrogen-bond donors (Lipinski definition) is 1. The molecule has 0 saturated carbocycles. The van der Waals surface area contributed by atoms with Crippen LogP contribution in [0.2, 0.25) is 0 Å². The molecular formula is C13H15BrN2O2. The Bertz CT molecular complexity index is 561. The van der Waals surface area contributed by atoms with E-state index in [1.807, 2.05) is 23.0 Å². The molecule has 3 rings (SSSR count). The lowest BCUT2D eigenvalue weighted by Crippen LogP contribution is -2.19. The van der Waals surface area contributed by atoms with Crippen molar-refractivity contribution < 1.29 is 9.84 Å². The molecule has 1 aromatic heterocycles. The van der Waals surface area contributed by atoms with Crippen LogP contribution in [0.5, 0.6) is 0 Å². The standard InChI is InChI=1S/C13H15BrN2O2/c14-11-5-9-7-15-16(12(9)6-10(11)8-17)13-3-1-2-4-18-13/h5-7,13,17H,1-4,8H2. The molecule has 18 heavy (non-hydrogen) atoms. The summed E-state index contributed by atoms with van der Waals surface area (Å²) < 4.78 is 8.61. The highest BCUT2D eigenvalue weighted by atomic mass is 79.9. The van der Waals surface area contributed by atoms with Crippen molar-refractivity contribution in [1.29, 1.82) is 0 Å². The summed E-state index contributed by atoms with van der Waals surface area (Å²) >= 11 is 3.45. The molecule has 2 aromatic rings. The van der Waals surface area contributed by atoms with Gasteiger partial charge in [0.25, 0.3) is 0 Å². The number of aliphatic hydroxyl groups excluding tert-OH is 1. The molecule has 5 heteroatoms. The molecule has 0 bridgehead atoms. The normalized spacial score (nSPS) is 20.4. The van der Waals surface area contributed by atoms with Crippen LogP contribution >= 0.6 is 15.9 Å². The third-order valence-corrected chi connectivity index (χ3v) is 4.10. The van der Waals surface area contributed by atoms with E-state index in [2.05, 4.69) is 21.0 Å². The Balaban J connectivity index is 2.06. The van der Waals surface area contributed by atoms with Crippen LogP contribution in [-0.4, -0.2) is 21.5 Å². The highest BCUT2D eigenvalue weighted by Gasteiger charge is 2.19. The van der Waals surface area contributed by atoms with Crippen molar-refractivity contribution in [1.82, 2.24) is 9.78 Å². The van der Waals surface area contributed by atoms with Crippen LogP contribution in [0.3, 0.4) is 0 Å². The number of aliphatic hydroxyl groups is 1. The van der Waals surface area contributed by atoms with Crippen molar-refractivity contribution in [2.24, 2.45) is 0 Å². The highest BCUT2D eigenvalue weighted by molar-refractivity contribution is 9.10. The fraction of sp³-hybridized carbons (Fsp3) is 0.462. The summed E-state index contributed by atoms with van der Waals surface area (Å²) in [7, 11) is 0. The molecule has 1 aromatic carbocycles. The molecule has 0 amide bonds. The van der Waals surface area contributed by atoms with Crippen LogP contribution in [0.25, 0.3) is 10.9 Å². The Morgan fingerprint density at radius 3 is 3.06 bits per heavy atom. The van der Waals surface area contributed by atoms with Crippen molar-refractivity contribution in [2.45, 2.75) is 32.1 Å². The third kappa shape index (κ3) is 2.06. The van der Waals surface area contributed by atoms with Gasteiger partial charge in [0.2, 0.25) is 0 Å². The number of nitrogens with zero attached hydrogens (tertiary/aromatic N) is 2. The predicted molar refractivity (Wildman–Crippen MR) is 72.2 cm³/mol. The first-order chi connectivity index (χ1) is 8.79. The Kier molecular flexibility index (Phi) is 3.37. The van der Waals surface area contributed by atoms with E-state index in [0.717, 1.165) is 40.4 Å². The quantitative estimate of drug-likeness (QED) is 0.927. The molecule has 96 valence electrons. The van der Waals surface area contributed by atoms with E-state index in [1.54, 1.807) is 0 Å². The molecule has 1 fully saturated rings. The topological polar surface area (TPSA) is 47.3 Å². The largest absolute Gasteiger partial charge is 0.392 e. The van der Waals surface area contributed by atoms with Gasteiger partial charge in [-0.05, 0) is 37.0 Å². The lowest BCUT2D eigenvalue weighted by Gasteiger charge is -2.23. The van der Waals surface area contributed by atoms with E-state index < -0.39 is 0 Å². The van der Waals surface area contributed by atoms with Crippen LogP contribution in [0, 0.1) is 0 Å². The van der Waals surface area contributed by atoms with E-state index in [0.29, 0.717) is 0 Å². The number of hydrogen-bond acceptors (Lipinski definition) is 3. The van der Waals surface area contributed by atoms with Gasteiger partial charge in [-0.15, -0.1) is 0 Å². The minimum absolute atomic E-state index is 0.0211. The van der Waals surface area contributed by atoms with Gasteiger partial charge in [0.1, 0.15) is 0 Å². The number of fused-ring (bicyclic) bond motifs is 1. The molecule has 0 radical (unpaired) electrons. The molecule has 2 heterocycles. The molecule has 1 unspecified atom stereocenters. The van der Waals surface area contributed by atoms with E-state index in [-0.39, 0.29) is 12.8 Å². The first kappa shape index (κ1) is 12.1. The van der Waals surface area contributed by atoms with Crippen molar-refractivity contribution in [3.05, 3.63) is 28.4 Å². The van der Waals surface area contributed by atoms with Gasteiger partial charge in [0, 0.05) is 16.5 Å². The Morgan fingerprint density at radius 1 is 1.44 bits per heavy atom. The van der Waals surface area contributed by atoms with Crippen LogP contribution in [0.1, 0.15) is 31.1 Å². The summed E-state index contributed by atoms with van der Waals surface area (Å²) in [6.45, 7) is 0.822. The average molecular weight is 311 g/mol. The second-order valence-electron chi connectivity index (χ2n) is 4.57. The van der Waals surface area contributed by atoms with Gasteiger partial charge in [-0.1, -0.05) is 15.9 Å². The minimum atomic E-state index is 0.0211. The Morgan fingerprint density at radius 2 is 2.33 bits per heavy atom. The van der Waals surface area contributed by atoms with Gasteiger partial charge in [-0.3, -0.25) is 0 Å². The van der Waals surface area contributed by atoms with Crippen LogP contribution in [-0.2, 0) is 11.3 Å². The van der Waals surface area contributed by atoms with E-state index in [4.69, 9.17) is 4.74 Å². The zero-order chi connectivity index (χ0) is 12.5. The van der Waals surface area contributed by atoms with Gasteiger partial charge < -0.3 is 9.84 Å². The Hall–Kier alpha value is -0.910. The van der Waals surface area contributed by atoms with Gasteiger partial charge >= 0.3 is 0 Å². The third-order valence-electron chi connectivity index (χ3n) is 3.36. The molecular weight excluding hydrogens is 296 g/mol. The molecule has 0 spiro atoms. The summed E-state index contributed by atoms with van der Waals surface area (Å²) in [4.78, 5) is 0. The summed E-state index contributed by atoms with van der Waals surface area (Å²) in [5.74, 6) is 0. The number of aromatic nitrogens is 2. The predicted octanol–water partition coefficient (Wildman–Crippen LogP) is 2.99. The molecule has 0 aliphatic carbocycles. The van der Waals surface area contributed by atoms with Crippen molar-refractivity contribution in [3.8, 4) is 0 Å². The maximum atomic E-state index is 9.33.